The van der Waals surface area contributed by atoms with Crippen LogP contribution in [0.3, 0.4) is 0 Å². The number of anilines is 1. The Hall–Kier alpha value is -4.37. The van der Waals surface area contributed by atoms with Crippen molar-refractivity contribution in [3.63, 3.8) is 0 Å². The molecule has 9 heteroatoms. The Balaban J connectivity index is 1.79. The number of rotatable bonds is 6. The first kappa shape index (κ1) is 24.3. The molecule has 4 aromatic rings. The Morgan fingerprint density at radius 2 is 1.76 bits per heavy atom. The van der Waals surface area contributed by atoms with E-state index < -0.39 is 17.7 Å². The number of thiazole rings is 1. The number of methoxy groups -OCH3 is 3. The first-order valence-corrected chi connectivity index (χ1v) is 12.2. The van der Waals surface area contributed by atoms with Crippen molar-refractivity contribution in [3.8, 4) is 17.2 Å². The monoisotopic (exact) mass is 516 g/mol. The summed E-state index contributed by atoms with van der Waals surface area (Å²) in [6.07, 6.45) is 0. The first-order chi connectivity index (χ1) is 17.9. The molecular weight excluding hydrogens is 492 g/mol. The SMILES string of the molecule is COc1cccc(C(O)=C2C(=O)C(=O)N(c3nc4ccc(C)cc4s3)[C@@H]2c2cccc(OC)c2OC)c1. The molecular formula is C28H24N2O6S. The normalized spacial score (nSPS) is 16.9. The maximum absolute atomic E-state index is 13.6. The first-order valence-electron chi connectivity index (χ1n) is 11.4. The third kappa shape index (κ3) is 4.07. The summed E-state index contributed by atoms with van der Waals surface area (Å²) in [7, 11) is 4.49. The zero-order valence-corrected chi connectivity index (χ0v) is 21.5. The Morgan fingerprint density at radius 3 is 2.49 bits per heavy atom. The van der Waals surface area contributed by atoms with E-state index in [1.165, 1.54) is 37.6 Å². The summed E-state index contributed by atoms with van der Waals surface area (Å²) in [5.74, 6) is -0.690. The number of benzene rings is 3. The number of aliphatic hydroxyl groups excluding tert-OH is 1. The van der Waals surface area contributed by atoms with E-state index in [1.807, 2.05) is 25.1 Å². The van der Waals surface area contributed by atoms with E-state index in [1.54, 1.807) is 42.5 Å². The summed E-state index contributed by atoms with van der Waals surface area (Å²) in [4.78, 5) is 33.1. The lowest BCUT2D eigenvalue weighted by Crippen LogP contribution is -2.29. The number of aryl methyl sites for hydroxylation is 1. The molecule has 0 radical (unpaired) electrons. The number of carbonyl (C=O) groups excluding carboxylic acids is 2. The Kier molecular flexibility index (Phi) is 6.31. The number of carbonyl (C=O) groups is 2. The number of Topliss-reactive ketones (excluding diaryl/α,β-unsaturated/α-hetero) is 1. The highest BCUT2D eigenvalue weighted by Crippen LogP contribution is 2.48. The van der Waals surface area contributed by atoms with Crippen LogP contribution in [0.25, 0.3) is 16.0 Å². The molecule has 1 fully saturated rings. The maximum atomic E-state index is 13.6. The summed E-state index contributed by atoms with van der Waals surface area (Å²) in [6.45, 7) is 1.97. The van der Waals surface area contributed by atoms with Crippen molar-refractivity contribution in [2.45, 2.75) is 13.0 Å². The van der Waals surface area contributed by atoms with Gasteiger partial charge < -0.3 is 19.3 Å². The molecule has 188 valence electrons. The van der Waals surface area contributed by atoms with Crippen molar-refractivity contribution in [1.82, 2.24) is 4.98 Å². The highest BCUT2D eigenvalue weighted by atomic mass is 32.1. The molecule has 0 spiro atoms. The van der Waals surface area contributed by atoms with Gasteiger partial charge in [-0.25, -0.2) is 4.98 Å². The van der Waals surface area contributed by atoms with Crippen molar-refractivity contribution in [3.05, 3.63) is 82.9 Å². The molecule has 0 bridgehead atoms. The summed E-state index contributed by atoms with van der Waals surface area (Å²) in [5.41, 5.74) is 2.48. The van der Waals surface area contributed by atoms with Gasteiger partial charge in [-0.05, 0) is 42.8 Å². The number of nitrogens with zero attached hydrogens (tertiary/aromatic N) is 2. The summed E-state index contributed by atoms with van der Waals surface area (Å²) in [5, 5.41) is 11.8. The van der Waals surface area contributed by atoms with Crippen LogP contribution >= 0.6 is 11.3 Å². The van der Waals surface area contributed by atoms with Gasteiger partial charge >= 0.3 is 5.91 Å². The molecule has 8 nitrogen and oxygen atoms in total. The van der Waals surface area contributed by atoms with Crippen LogP contribution in [0.5, 0.6) is 17.2 Å². The van der Waals surface area contributed by atoms with Crippen LogP contribution < -0.4 is 19.1 Å². The molecule has 0 aliphatic carbocycles. The minimum atomic E-state index is -1.02. The number of aliphatic hydroxyl groups is 1. The third-order valence-corrected chi connectivity index (χ3v) is 7.27. The highest BCUT2D eigenvalue weighted by molar-refractivity contribution is 7.22. The number of ketones is 1. The number of aromatic nitrogens is 1. The topological polar surface area (TPSA) is 98.2 Å². The molecule has 1 amide bonds. The van der Waals surface area contributed by atoms with Gasteiger partial charge in [0.2, 0.25) is 0 Å². The number of amides is 1. The highest BCUT2D eigenvalue weighted by Gasteiger charge is 2.49. The lowest BCUT2D eigenvalue weighted by Gasteiger charge is -2.25. The number of ether oxygens (including phenoxy) is 3. The largest absolute Gasteiger partial charge is 0.507 e. The summed E-state index contributed by atoms with van der Waals surface area (Å²) < 4.78 is 17.3. The predicted octanol–water partition coefficient (Wildman–Crippen LogP) is 5.26. The van der Waals surface area contributed by atoms with E-state index in [0.717, 1.165) is 10.3 Å². The average molecular weight is 517 g/mol. The molecule has 1 aromatic heterocycles. The van der Waals surface area contributed by atoms with E-state index in [9.17, 15) is 14.7 Å². The van der Waals surface area contributed by atoms with Crippen molar-refractivity contribution in [1.29, 1.82) is 0 Å². The van der Waals surface area contributed by atoms with E-state index in [0.29, 0.717) is 39.0 Å². The zero-order valence-electron chi connectivity index (χ0n) is 20.6. The minimum absolute atomic E-state index is 0.0831. The van der Waals surface area contributed by atoms with Gasteiger partial charge in [-0.15, -0.1) is 0 Å². The molecule has 1 aliphatic heterocycles. The molecule has 3 aromatic carbocycles. The average Bonchev–Trinajstić information content (AvgIpc) is 3.45. The van der Waals surface area contributed by atoms with Gasteiger partial charge in [0.05, 0.1) is 37.1 Å². The molecule has 1 aliphatic rings. The van der Waals surface area contributed by atoms with E-state index >= 15 is 0 Å². The maximum Gasteiger partial charge on any atom is 0.301 e. The van der Waals surface area contributed by atoms with Gasteiger partial charge in [-0.3, -0.25) is 14.5 Å². The second-order valence-corrected chi connectivity index (χ2v) is 9.46. The number of fused-ring (bicyclic) bond motifs is 1. The van der Waals surface area contributed by atoms with Crippen LogP contribution in [0.4, 0.5) is 5.13 Å². The fraction of sp³-hybridized carbons (Fsp3) is 0.179. The van der Waals surface area contributed by atoms with Gasteiger partial charge in [-0.1, -0.05) is 41.7 Å². The molecule has 37 heavy (non-hydrogen) atoms. The minimum Gasteiger partial charge on any atom is -0.507 e. The van der Waals surface area contributed by atoms with Gasteiger partial charge in [0.1, 0.15) is 17.6 Å². The molecule has 1 saturated heterocycles. The van der Waals surface area contributed by atoms with E-state index in [-0.39, 0.29) is 11.3 Å². The lowest BCUT2D eigenvalue weighted by atomic mass is 9.94. The second kappa shape index (κ2) is 9.59. The van der Waals surface area contributed by atoms with Crippen LogP contribution in [0, 0.1) is 6.92 Å². The molecule has 5 rings (SSSR count). The standard InChI is InChI=1S/C28H24N2O6S/c1-15-11-12-19-21(13-15)37-28(29-19)30-23(18-9-6-10-20(35-3)26(18)36-4)22(25(32)27(30)33)24(31)16-7-5-8-17(14-16)34-2/h5-14,23,31H,1-4H3/t23-/m1/s1. The lowest BCUT2D eigenvalue weighted by molar-refractivity contribution is -0.132. The molecule has 0 saturated carbocycles. The zero-order chi connectivity index (χ0) is 26.3. The smallest absolute Gasteiger partial charge is 0.301 e. The molecule has 1 atom stereocenters. The van der Waals surface area contributed by atoms with Crippen molar-refractivity contribution in [2.75, 3.05) is 26.2 Å². The van der Waals surface area contributed by atoms with Crippen molar-refractivity contribution >= 4 is 44.1 Å². The van der Waals surface area contributed by atoms with Crippen LogP contribution in [-0.2, 0) is 9.59 Å². The van der Waals surface area contributed by atoms with E-state index in [4.69, 9.17) is 14.2 Å². The van der Waals surface area contributed by atoms with Crippen molar-refractivity contribution in [2.24, 2.45) is 0 Å². The Morgan fingerprint density at radius 1 is 0.973 bits per heavy atom. The Bertz CT molecular complexity index is 1570. The summed E-state index contributed by atoms with van der Waals surface area (Å²) in [6, 6.07) is 16.6. The number of para-hydroxylation sites is 1. The van der Waals surface area contributed by atoms with Crippen LogP contribution in [0.15, 0.2) is 66.2 Å². The van der Waals surface area contributed by atoms with Crippen LogP contribution in [0.2, 0.25) is 0 Å². The fourth-order valence-electron chi connectivity index (χ4n) is 4.50. The molecule has 2 heterocycles. The number of hydrogen-bond donors (Lipinski definition) is 1. The van der Waals surface area contributed by atoms with E-state index in [2.05, 4.69) is 4.98 Å². The summed E-state index contributed by atoms with van der Waals surface area (Å²) >= 11 is 1.30. The van der Waals surface area contributed by atoms with Crippen LogP contribution in [0.1, 0.15) is 22.7 Å². The van der Waals surface area contributed by atoms with Gasteiger partial charge in [0.25, 0.3) is 5.78 Å². The quantitative estimate of drug-likeness (QED) is 0.212. The van der Waals surface area contributed by atoms with Crippen LogP contribution in [-0.4, -0.2) is 43.1 Å². The third-order valence-electron chi connectivity index (χ3n) is 6.25. The molecule has 1 N–H and O–H groups in total. The molecule has 0 unspecified atom stereocenters. The fourth-order valence-corrected chi connectivity index (χ4v) is 5.59. The Labute approximate surface area is 217 Å². The number of hydrogen-bond acceptors (Lipinski definition) is 8. The van der Waals surface area contributed by atoms with Crippen molar-refractivity contribution < 1.29 is 28.9 Å². The van der Waals surface area contributed by atoms with Gasteiger partial charge in [0.15, 0.2) is 16.6 Å². The predicted molar refractivity (Wildman–Crippen MR) is 142 cm³/mol. The van der Waals surface area contributed by atoms with Gasteiger partial charge in [-0.2, -0.15) is 0 Å². The second-order valence-electron chi connectivity index (χ2n) is 8.45. The van der Waals surface area contributed by atoms with Gasteiger partial charge in [0, 0.05) is 11.1 Å².